The summed E-state index contributed by atoms with van der Waals surface area (Å²) in [6.07, 6.45) is 0. The Morgan fingerprint density at radius 1 is 1.18 bits per heavy atom. The molecule has 5 nitrogen and oxygen atoms in total. The molecule has 0 aromatic heterocycles. The lowest BCUT2D eigenvalue weighted by atomic mass is 10.1. The highest BCUT2D eigenvalue weighted by molar-refractivity contribution is 5.96. The molecular formula is C16H14FNO4. The van der Waals surface area contributed by atoms with Crippen molar-refractivity contribution in [3.05, 3.63) is 65.0 Å². The molecule has 6 heteroatoms. The van der Waals surface area contributed by atoms with Gasteiger partial charge in [-0.1, -0.05) is 12.1 Å². The summed E-state index contributed by atoms with van der Waals surface area (Å²) < 4.78 is 18.3. The second-order valence-electron chi connectivity index (χ2n) is 4.53. The first-order valence-corrected chi connectivity index (χ1v) is 6.45. The Balaban J connectivity index is 2.06. The molecule has 0 spiro atoms. The Hall–Kier alpha value is -2.89. The van der Waals surface area contributed by atoms with Crippen molar-refractivity contribution in [1.29, 1.82) is 0 Å². The summed E-state index contributed by atoms with van der Waals surface area (Å²) in [6.45, 7) is 0.193. The van der Waals surface area contributed by atoms with E-state index in [2.05, 4.69) is 5.32 Å². The van der Waals surface area contributed by atoms with Gasteiger partial charge in [0, 0.05) is 6.54 Å². The van der Waals surface area contributed by atoms with Crippen molar-refractivity contribution in [3.63, 3.8) is 0 Å². The lowest BCUT2D eigenvalue weighted by Crippen LogP contribution is -2.23. The van der Waals surface area contributed by atoms with Crippen LogP contribution in [-0.4, -0.2) is 24.1 Å². The van der Waals surface area contributed by atoms with Crippen LogP contribution < -0.4 is 10.1 Å². The Morgan fingerprint density at radius 3 is 2.45 bits per heavy atom. The molecule has 1 amide bonds. The van der Waals surface area contributed by atoms with Crippen LogP contribution >= 0.6 is 0 Å². The van der Waals surface area contributed by atoms with Gasteiger partial charge in [0.1, 0.15) is 11.6 Å². The van der Waals surface area contributed by atoms with Gasteiger partial charge in [-0.3, -0.25) is 4.79 Å². The maximum absolute atomic E-state index is 13.2. The average Bonchev–Trinajstić information content (AvgIpc) is 2.53. The Labute approximate surface area is 126 Å². The topological polar surface area (TPSA) is 75.6 Å². The second kappa shape index (κ2) is 6.71. The summed E-state index contributed by atoms with van der Waals surface area (Å²) in [6, 6.07) is 9.80. The number of aromatic carboxylic acids is 1. The first-order chi connectivity index (χ1) is 10.5. The van der Waals surface area contributed by atoms with Crippen molar-refractivity contribution in [1.82, 2.24) is 5.32 Å². The zero-order chi connectivity index (χ0) is 16.1. The van der Waals surface area contributed by atoms with Crippen molar-refractivity contribution in [2.75, 3.05) is 7.11 Å². The van der Waals surface area contributed by atoms with Crippen molar-refractivity contribution < 1.29 is 23.8 Å². The lowest BCUT2D eigenvalue weighted by molar-refractivity contribution is 0.0696. The fourth-order valence-electron chi connectivity index (χ4n) is 1.90. The molecule has 0 aliphatic rings. The predicted molar refractivity (Wildman–Crippen MR) is 77.5 cm³/mol. The van der Waals surface area contributed by atoms with Gasteiger partial charge < -0.3 is 15.2 Å². The van der Waals surface area contributed by atoms with E-state index in [1.54, 1.807) is 12.1 Å². The minimum absolute atomic E-state index is 0.102. The van der Waals surface area contributed by atoms with Gasteiger partial charge in [0.25, 0.3) is 5.91 Å². The number of rotatable bonds is 5. The van der Waals surface area contributed by atoms with Gasteiger partial charge in [0.05, 0.1) is 18.2 Å². The molecule has 22 heavy (non-hydrogen) atoms. The second-order valence-corrected chi connectivity index (χ2v) is 4.53. The van der Waals surface area contributed by atoms with E-state index in [4.69, 9.17) is 9.84 Å². The van der Waals surface area contributed by atoms with Crippen LogP contribution in [0.3, 0.4) is 0 Å². The number of methoxy groups -OCH3 is 1. The van der Waals surface area contributed by atoms with E-state index < -0.39 is 17.7 Å². The molecule has 0 heterocycles. The number of ether oxygens (including phenoxy) is 1. The summed E-state index contributed by atoms with van der Waals surface area (Å²) in [5.74, 6) is -1.74. The van der Waals surface area contributed by atoms with E-state index in [0.717, 1.165) is 11.6 Å². The van der Waals surface area contributed by atoms with E-state index in [1.807, 2.05) is 0 Å². The largest absolute Gasteiger partial charge is 0.496 e. The molecule has 0 fully saturated rings. The standard InChI is InChI=1S/C16H14FNO4/c1-22-14-7-6-12(17)8-13(14)15(19)18-9-10-2-4-11(5-3-10)16(20)21/h2-8H,9H2,1H3,(H,18,19)(H,20,21). The number of carbonyl (C=O) groups is 2. The number of nitrogens with one attached hydrogen (secondary N) is 1. The summed E-state index contributed by atoms with van der Waals surface area (Å²) in [7, 11) is 1.40. The highest BCUT2D eigenvalue weighted by Crippen LogP contribution is 2.19. The fourth-order valence-corrected chi connectivity index (χ4v) is 1.90. The maximum Gasteiger partial charge on any atom is 0.335 e. The van der Waals surface area contributed by atoms with Crippen LogP contribution in [0.2, 0.25) is 0 Å². The molecule has 0 atom stereocenters. The molecule has 114 valence electrons. The van der Waals surface area contributed by atoms with Crippen LogP contribution in [0.25, 0.3) is 0 Å². The van der Waals surface area contributed by atoms with Gasteiger partial charge >= 0.3 is 5.97 Å². The van der Waals surface area contributed by atoms with E-state index in [9.17, 15) is 14.0 Å². The molecule has 2 N–H and O–H groups in total. The Bertz CT molecular complexity index is 698. The normalized spacial score (nSPS) is 10.1. The molecule has 2 rings (SSSR count). The zero-order valence-corrected chi connectivity index (χ0v) is 11.8. The van der Waals surface area contributed by atoms with Gasteiger partial charge in [0.2, 0.25) is 0 Å². The minimum Gasteiger partial charge on any atom is -0.496 e. The summed E-state index contributed by atoms with van der Waals surface area (Å²) in [5, 5.41) is 11.4. The smallest absolute Gasteiger partial charge is 0.335 e. The van der Waals surface area contributed by atoms with Crippen molar-refractivity contribution in [2.24, 2.45) is 0 Å². The number of hydrogen-bond donors (Lipinski definition) is 2. The molecule has 0 bridgehead atoms. The number of carboxylic acids is 1. The van der Waals surface area contributed by atoms with Crippen LogP contribution in [0.15, 0.2) is 42.5 Å². The zero-order valence-electron chi connectivity index (χ0n) is 11.8. The van der Waals surface area contributed by atoms with Gasteiger partial charge in [-0.05, 0) is 35.9 Å². The quantitative estimate of drug-likeness (QED) is 0.889. The van der Waals surface area contributed by atoms with Gasteiger partial charge in [0.15, 0.2) is 0 Å². The highest BCUT2D eigenvalue weighted by Gasteiger charge is 2.13. The average molecular weight is 303 g/mol. The fraction of sp³-hybridized carbons (Fsp3) is 0.125. The third kappa shape index (κ3) is 3.60. The third-order valence-corrected chi connectivity index (χ3v) is 3.06. The van der Waals surface area contributed by atoms with E-state index in [0.29, 0.717) is 0 Å². The Morgan fingerprint density at radius 2 is 1.86 bits per heavy atom. The van der Waals surface area contributed by atoms with Crippen LogP contribution in [0.5, 0.6) is 5.75 Å². The van der Waals surface area contributed by atoms with Crippen LogP contribution in [0.1, 0.15) is 26.3 Å². The Kier molecular flexibility index (Phi) is 4.73. The summed E-state index contributed by atoms with van der Waals surface area (Å²) >= 11 is 0. The lowest BCUT2D eigenvalue weighted by Gasteiger charge is -2.09. The molecule has 0 radical (unpaired) electrons. The highest BCUT2D eigenvalue weighted by atomic mass is 19.1. The van der Waals surface area contributed by atoms with Crippen LogP contribution in [0, 0.1) is 5.82 Å². The predicted octanol–water partition coefficient (Wildman–Crippen LogP) is 2.46. The first kappa shape index (κ1) is 15.5. The summed E-state index contributed by atoms with van der Waals surface area (Å²) in [4.78, 5) is 22.8. The molecule has 0 saturated heterocycles. The van der Waals surface area contributed by atoms with Crippen molar-refractivity contribution >= 4 is 11.9 Å². The molecule has 0 aliphatic heterocycles. The maximum atomic E-state index is 13.2. The molecule has 0 saturated carbocycles. The monoisotopic (exact) mass is 303 g/mol. The number of halogens is 1. The van der Waals surface area contributed by atoms with E-state index in [1.165, 1.54) is 31.4 Å². The SMILES string of the molecule is COc1ccc(F)cc1C(=O)NCc1ccc(C(=O)O)cc1. The minimum atomic E-state index is -1.01. The van der Waals surface area contributed by atoms with E-state index in [-0.39, 0.29) is 23.4 Å². The summed E-state index contributed by atoms with van der Waals surface area (Å²) in [5.41, 5.74) is 1.00. The van der Waals surface area contributed by atoms with Gasteiger partial charge in [-0.2, -0.15) is 0 Å². The van der Waals surface area contributed by atoms with Gasteiger partial charge in [-0.25, -0.2) is 9.18 Å². The molecule has 2 aromatic carbocycles. The van der Waals surface area contributed by atoms with E-state index >= 15 is 0 Å². The first-order valence-electron chi connectivity index (χ1n) is 6.45. The number of amides is 1. The molecule has 2 aromatic rings. The van der Waals surface area contributed by atoms with Crippen LogP contribution in [0.4, 0.5) is 4.39 Å². The number of carboxylic acid groups (broad SMARTS) is 1. The van der Waals surface area contributed by atoms with Crippen molar-refractivity contribution in [2.45, 2.75) is 6.54 Å². The van der Waals surface area contributed by atoms with Gasteiger partial charge in [-0.15, -0.1) is 0 Å². The molecule has 0 aliphatic carbocycles. The molecule has 0 unspecified atom stereocenters. The number of benzene rings is 2. The number of carbonyl (C=O) groups excluding carboxylic acids is 1. The third-order valence-electron chi connectivity index (χ3n) is 3.06. The van der Waals surface area contributed by atoms with Crippen LogP contribution in [-0.2, 0) is 6.54 Å². The molecular weight excluding hydrogens is 289 g/mol. The van der Waals surface area contributed by atoms with Crippen molar-refractivity contribution in [3.8, 4) is 5.75 Å². The number of hydrogen-bond acceptors (Lipinski definition) is 3.